The Morgan fingerprint density at radius 3 is 2.21 bits per heavy atom. The maximum absolute atomic E-state index is 14.1. The number of hydrogen-bond donors (Lipinski definition) is 0. The van der Waals surface area contributed by atoms with Gasteiger partial charge < -0.3 is 0 Å². The highest BCUT2D eigenvalue weighted by Gasteiger charge is 2.21. The standard InChI is InChI=1S/C21H14F2INO2S/c1-13-5-8-15(9-6-13)28(26,27)25-12-19(24)16-11-14(7-10-20(16)25)21-17(22)3-2-4-18(21)23/h2-12H,1H3. The van der Waals surface area contributed by atoms with Gasteiger partial charge in [-0.15, -0.1) is 0 Å². The van der Waals surface area contributed by atoms with E-state index < -0.39 is 21.7 Å². The molecule has 0 N–H and O–H groups in total. The summed E-state index contributed by atoms with van der Waals surface area (Å²) in [4.78, 5) is 0.177. The van der Waals surface area contributed by atoms with E-state index in [4.69, 9.17) is 0 Å². The van der Waals surface area contributed by atoms with Crippen molar-refractivity contribution in [1.29, 1.82) is 0 Å². The predicted molar refractivity (Wildman–Crippen MR) is 114 cm³/mol. The van der Waals surface area contributed by atoms with Crippen LogP contribution in [0, 0.1) is 22.1 Å². The Bertz CT molecular complexity index is 1290. The van der Waals surface area contributed by atoms with Gasteiger partial charge in [-0.25, -0.2) is 21.2 Å². The van der Waals surface area contributed by atoms with Crippen LogP contribution in [0.15, 0.2) is 71.8 Å². The van der Waals surface area contributed by atoms with Crippen LogP contribution >= 0.6 is 22.6 Å². The number of halogens is 3. The van der Waals surface area contributed by atoms with Crippen molar-refractivity contribution in [1.82, 2.24) is 3.97 Å². The fraction of sp³-hybridized carbons (Fsp3) is 0.0476. The Labute approximate surface area is 174 Å². The molecule has 7 heteroatoms. The van der Waals surface area contributed by atoms with Gasteiger partial charge in [0.25, 0.3) is 10.0 Å². The van der Waals surface area contributed by atoms with Crippen molar-refractivity contribution < 1.29 is 17.2 Å². The van der Waals surface area contributed by atoms with Crippen LogP contribution in [-0.2, 0) is 10.0 Å². The van der Waals surface area contributed by atoms with Crippen molar-refractivity contribution in [3.63, 3.8) is 0 Å². The summed E-state index contributed by atoms with van der Waals surface area (Å²) in [6.45, 7) is 1.88. The van der Waals surface area contributed by atoms with Crippen molar-refractivity contribution in [2.75, 3.05) is 0 Å². The second-order valence-electron chi connectivity index (χ2n) is 6.42. The fourth-order valence-corrected chi connectivity index (χ4v) is 5.38. The molecule has 0 saturated carbocycles. The van der Waals surface area contributed by atoms with E-state index in [2.05, 4.69) is 0 Å². The Balaban J connectivity index is 1.91. The van der Waals surface area contributed by atoms with Gasteiger partial charge in [0, 0.05) is 15.2 Å². The number of aryl methyl sites for hydroxylation is 1. The average Bonchev–Trinajstić information content (AvgIpc) is 2.99. The minimum atomic E-state index is -3.79. The van der Waals surface area contributed by atoms with Crippen molar-refractivity contribution in [2.24, 2.45) is 0 Å². The highest BCUT2D eigenvalue weighted by atomic mass is 127. The number of benzene rings is 3. The van der Waals surface area contributed by atoms with E-state index in [1.807, 2.05) is 29.5 Å². The van der Waals surface area contributed by atoms with Crippen LogP contribution in [0.5, 0.6) is 0 Å². The third kappa shape index (κ3) is 3.12. The molecular formula is C21H14F2INO2S. The number of fused-ring (bicyclic) bond motifs is 1. The molecule has 1 heterocycles. The van der Waals surface area contributed by atoms with Gasteiger partial charge in [-0.05, 0) is 71.5 Å². The third-order valence-corrected chi connectivity index (χ3v) is 7.10. The van der Waals surface area contributed by atoms with Gasteiger partial charge in [-0.1, -0.05) is 29.8 Å². The molecule has 142 valence electrons. The summed E-state index contributed by atoms with van der Waals surface area (Å²) >= 11 is 2.02. The molecule has 1 aromatic heterocycles. The maximum atomic E-state index is 14.1. The van der Waals surface area contributed by atoms with E-state index in [9.17, 15) is 17.2 Å². The molecule has 0 aliphatic carbocycles. The second-order valence-corrected chi connectivity index (χ2v) is 9.40. The van der Waals surface area contributed by atoms with Gasteiger partial charge in [0.15, 0.2) is 0 Å². The molecule has 3 aromatic carbocycles. The quantitative estimate of drug-likeness (QED) is 0.331. The fourth-order valence-electron chi connectivity index (χ4n) is 3.11. The summed E-state index contributed by atoms with van der Waals surface area (Å²) in [6.07, 6.45) is 1.52. The van der Waals surface area contributed by atoms with E-state index >= 15 is 0 Å². The zero-order valence-corrected chi connectivity index (χ0v) is 17.6. The molecule has 4 aromatic rings. The molecule has 28 heavy (non-hydrogen) atoms. The highest BCUT2D eigenvalue weighted by molar-refractivity contribution is 14.1. The smallest absolute Gasteiger partial charge is 0.240 e. The highest BCUT2D eigenvalue weighted by Crippen LogP contribution is 2.33. The van der Waals surface area contributed by atoms with E-state index in [-0.39, 0.29) is 10.5 Å². The Morgan fingerprint density at radius 2 is 1.57 bits per heavy atom. The van der Waals surface area contributed by atoms with Crippen LogP contribution in [-0.4, -0.2) is 12.4 Å². The van der Waals surface area contributed by atoms with Crippen LogP contribution in [0.1, 0.15) is 5.56 Å². The van der Waals surface area contributed by atoms with Crippen molar-refractivity contribution in [3.8, 4) is 11.1 Å². The zero-order valence-electron chi connectivity index (χ0n) is 14.7. The molecule has 0 atom stereocenters. The zero-order chi connectivity index (χ0) is 20.1. The number of nitrogens with zero attached hydrogens (tertiary/aromatic N) is 1. The molecule has 0 spiro atoms. The molecule has 0 amide bonds. The molecule has 0 bridgehead atoms. The van der Waals surface area contributed by atoms with Gasteiger partial charge in [0.2, 0.25) is 0 Å². The largest absolute Gasteiger partial charge is 0.268 e. The SMILES string of the molecule is Cc1ccc(S(=O)(=O)n2cc(I)c3cc(-c4c(F)cccc4F)ccc32)cc1. The van der Waals surface area contributed by atoms with Gasteiger partial charge in [-0.2, -0.15) is 0 Å². The average molecular weight is 509 g/mol. The summed E-state index contributed by atoms with van der Waals surface area (Å²) in [7, 11) is -3.79. The van der Waals surface area contributed by atoms with E-state index in [1.165, 1.54) is 34.4 Å². The van der Waals surface area contributed by atoms with Crippen LogP contribution in [0.3, 0.4) is 0 Å². The molecule has 3 nitrogen and oxygen atoms in total. The molecule has 0 unspecified atom stereocenters. The summed E-state index contributed by atoms with van der Waals surface area (Å²) in [5.41, 5.74) is 1.63. The lowest BCUT2D eigenvalue weighted by Gasteiger charge is -2.09. The summed E-state index contributed by atoms with van der Waals surface area (Å²) in [6, 6.07) is 15.0. The van der Waals surface area contributed by atoms with Crippen LogP contribution in [0.4, 0.5) is 8.78 Å². The first kappa shape index (κ1) is 19.1. The van der Waals surface area contributed by atoms with Gasteiger partial charge >= 0.3 is 0 Å². The molecule has 0 fully saturated rings. The minimum absolute atomic E-state index is 0.130. The monoisotopic (exact) mass is 509 g/mol. The van der Waals surface area contributed by atoms with Crippen molar-refractivity contribution in [3.05, 3.63) is 87.6 Å². The molecule has 0 aliphatic heterocycles. The Kier molecular flexibility index (Phi) is 4.75. The minimum Gasteiger partial charge on any atom is -0.240 e. The Hall–Kier alpha value is -2.26. The number of rotatable bonds is 3. The lowest BCUT2D eigenvalue weighted by Crippen LogP contribution is -2.11. The molecule has 4 rings (SSSR count). The molecule has 0 aliphatic rings. The molecule has 0 radical (unpaired) electrons. The number of hydrogen-bond acceptors (Lipinski definition) is 2. The Morgan fingerprint density at radius 1 is 0.929 bits per heavy atom. The maximum Gasteiger partial charge on any atom is 0.268 e. The lowest BCUT2D eigenvalue weighted by atomic mass is 10.0. The normalized spacial score (nSPS) is 11.9. The topological polar surface area (TPSA) is 39.1 Å². The first-order valence-corrected chi connectivity index (χ1v) is 10.9. The summed E-state index contributed by atoms with van der Waals surface area (Å²) < 4.78 is 56.3. The van der Waals surface area contributed by atoms with Crippen LogP contribution in [0.25, 0.3) is 22.0 Å². The van der Waals surface area contributed by atoms with Gasteiger partial charge in [0.1, 0.15) is 11.6 Å². The van der Waals surface area contributed by atoms with Crippen molar-refractivity contribution >= 4 is 43.5 Å². The van der Waals surface area contributed by atoms with Crippen LogP contribution in [0.2, 0.25) is 0 Å². The summed E-state index contributed by atoms with van der Waals surface area (Å²) in [5.74, 6) is -1.33. The van der Waals surface area contributed by atoms with Gasteiger partial charge in [0.05, 0.1) is 16.0 Å². The van der Waals surface area contributed by atoms with Crippen LogP contribution < -0.4 is 0 Å². The third-order valence-electron chi connectivity index (χ3n) is 4.55. The van der Waals surface area contributed by atoms with E-state index in [1.54, 1.807) is 36.4 Å². The lowest BCUT2D eigenvalue weighted by molar-refractivity contribution is 0.588. The molecule has 0 saturated heterocycles. The number of aromatic nitrogens is 1. The predicted octanol–water partition coefficient (Wildman–Crippen LogP) is 5.74. The van der Waals surface area contributed by atoms with E-state index in [0.29, 0.717) is 20.0 Å². The van der Waals surface area contributed by atoms with Crippen molar-refractivity contribution in [2.45, 2.75) is 11.8 Å². The summed E-state index contributed by atoms with van der Waals surface area (Å²) in [5, 5.41) is 0.608. The first-order chi connectivity index (χ1) is 13.3. The first-order valence-electron chi connectivity index (χ1n) is 8.36. The van der Waals surface area contributed by atoms with E-state index in [0.717, 1.165) is 5.56 Å². The molecular weight excluding hydrogens is 495 g/mol. The second kappa shape index (κ2) is 6.97. The van der Waals surface area contributed by atoms with Gasteiger partial charge in [-0.3, -0.25) is 0 Å².